The van der Waals surface area contributed by atoms with Gasteiger partial charge in [0.15, 0.2) is 9.84 Å². The van der Waals surface area contributed by atoms with Crippen molar-refractivity contribution < 1.29 is 41.9 Å². The minimum atomic E-state index is -3.60. The van der Waals surface area contributed by atoms with Gasteiger partial charge in [0, 0.05) is 13.1 Å². The van der Waals surface area contributed by atoms with Crippen LogP contribution in [-0.2, 0) is 38.5 Å². The van der Waals surface area contributed by atoms with Gasteiger partial charge in [0.05, 0.1) is 28.5 Å². The van der Waals surface area contributed by atoms with Gasteiger partial charge in [-0.2, -0.15) is 0 Å². The van der Waals surface area contributed by atoms with Crippen molar-refractivity contribution in [1.29, 1.82) is 0 Å². The molecule has 5 amide bonds. The molecule has 5 atom stereocenters. The first-order chi connectivity index (χ1) is 27.9. The molecule has 0 aromatic carbocycles. The first-order valence-corrected chi connectivity index (χ1v) is 24.5. The number of hydrogen-bond donors (Lipinski definition) is 4. The van der Waals surface area contributed by atoms with E-state index in [1.165, 1.54) is 0 Å². The normalized spacial score (nSPS) is 25.7. The van der Waals surface area contributed by atoms with E-state index in [0.717, 1.165) is 57.8 Å². The summed E-state index contributed by atoms with van der Waals surface area (Å²) in [6, 6.07) is -3.60. The van der Waals surface area contributed by atoms with Gasteiger partial charge >= 0.3 is 12.0 Å². The van der Waals surface area contributed by atoms with E-state index in [0.29, 0.717) is 38.6 Å². The predicted octanol–water partition coefficient (Wildman–Crippen LogP) is 5.51. The van der Waals surface area contributed by atoms with Crippen molar-refractivity contribution in [2.45, 2.75) is 199 Å². The number of likely N-dealkylation sites (tertiary alicyclic amines) is 1. The number of piperidine rings is 1. The van der Waals surface area contributed by atoms with E-state index in [4.69, 9.17) is 4.74 Å². The van der Waals surface area contributed by atoms with Crippen molar-refractivity contribution in [1.82, 2.24) is 26.2 Å². The van der Waals surface area contributed by atoms with Crippen LogP contribution in [0.4, 0.5) is 4.79 Å². The van der Waals surface area contributed by atoms with Crippen LogP contribution in [0.15, 0.2) is 0 Å². The first-order valence-electron chi connectivity index (χ1n) is 22.8. The average Bonchev–Trinajstić information content (AvgIpc) is 3.43. The number of hydrogen-bond acceptors (Lipinski definition) is 9. The first kappa shape index (κ1) is 47.8. The summed E-state index contributed by atoms with van der Waals surface area (Å²) in [5.41, 5.74) is -2.52. The third-order valence-corrected chi connectivity index (χ3v) is 17.9. The molecule has 5 aliphatic rings. The van der Waals surface area contributed by atoms with E-state index in [2.05, 4.69) is 35.1 Å². The fraction of sp³-hybridized carbons (Fsp3) is 0.867. The molecule has 4 aliphatic carbocycles. The maximum Gasteiger partial charge on any atom is 0.315 e. The fourth-order valence-electron chi connectivity index (χ4n) is 10.3. The Bertz CT molecular complexity index is 1740. The molecule has 1 heterocycles. The highest BCUT2D eigenvalue weighted by atomic mass is 32.2. The maximum absolute atomic E-state index is 15.1. The number of carbonyl (C=O) groups excluding carboxylic acids is 6. The van der Waals surface area contributed by atoms with Gasteiger partial charge in [-0.3, -0.25) is 24.0 Å². The second-order valence-electron chi connectivity index (χ2n) is 21.4. The highest BCUT2D eigenvalue weighted by molar-refractivity contribution is 7.92. The quantitative estimate of drug-likeness (QED) is 0.108. The van der Waals surface area contributed by atoms with Gasteiger partial charge in [-0.1, -0.05) is 85.5 Å². The average molecular weight is 862 g/mol. The highest BCUT2D eigenvalue weighted by Crippen LogP contribution is 2.65. The molecule has 3 unspecified atom stereocenters. The van der Waals surface area contributed by atoms with Crippen LogP contribution in [0.5, 0.6) is 0 Å². The van der Waals surface area contributed by atoms with Crippen molar-refractivity contribution in [3.63, 3.8) is 0 Å². The number of ether oxygens (including phenoxy) is 1. The standard InChI is InChI=1S/C45H75N5O9S/c1-10-42(5,6)60(57,58)28-45(23-15-12-16-24-45)49-40(56)48-36(44(9)21-13-11-14-22-44)39(55)50-27-30-33(43(30,7)8)34(50)37(53)47-31(26-29-18-17-19-29)35(52)38(54)46-25-20-32(51)59-41(2,3)4/h29-31,33-34,36H,10-28H2,1-9H3,(H,46,54)(H,47,53)(H2,48,49,56)/t30?,31?,33?,34-,36+/m0/s1. The van der Waals surface area contributed by atoms with Crippen LogP contribution in [0.2, 0.25) is 0 Å². The largest absolute Gasteiger partial charge is 0.460 e. The lowest BCUT2D eigenvalue weighted by molar-refractivity contribution is -0.154. The Kier molecular flexibility index (Phi) is 14.5. The zero-order chi connectivity index (χ0) is 44.5. The summed E-state index contributed by atoms with van der Waals surface area (Å²) in [7, 11) is -3.60. The molecule has 0 bridgehead atoms. The Balaban J connectivity index is 1.36. The van der Waals surface area contributed by atoms with Gasteiger partial charge in [0.2, 0.25) is 17.6 Å². The molecule has 14 nitrogen and oxygen atoms in total. The summed E-state index contributed by atoms with van der Waals surface area (Å²) in [6.07, 6.45) is 11.1. The Hall–Kier alpha value is -3.23. The van der Waals surface area contributed by atoms with Gasteiger partial charge < -0.3 is 30.9 Å². The number of amides is 5. The molecule has 0 radical (unpaired) electrons. The Labute approximate surface area is 358 Å². The minimum absolute atomic E-state index is 0.0282. The molecule has 5 fully saturated rings. The summed E-state index contributed by atoms with van der Waals surface area (Å²) in [5.74, 6) is -3.24. The van der Waals surface area contributed by atoms with Crippen molar-refractivity contribution in [2.24, 2.45) is 28.6 Å². The molecular weight excluding hydrogens is 787 g/mol. The third-order valence-electron chi connectivity index (χ3n) is 15.0. The minimum Gasteiger partial charge on any atom is -0.460 e. The smallest absolute Gasteiger partial charge is 0.315 e. The van der Waals surface area contributed by atoms with Crippen LogP contribution in [0.25, 0.3) is 0 Å². The number of Topliss-reactive ketones (excluding diaryl/α,β-unsaturated/α-hetero) is 1. The Morgan fingerprint density at radius 1 is 0.833 bits per heavy atom. The van der Waals surface area contributed by atoms with Crippen molar-refractivity contribution in [2.75, 3.05) is 18.8 Å². The molecule has 340 valence electrons. The third kappa shape index (κ3) is 10.9. The van der Waals surface area contributed by atoms with E-state index >= 15 is 4.79 Å². The van der Waals surface area contributed by atoms with Gasteiger partial charge in [0.1, 0.15) is 17.7 Å². The molecule has 0 aromatic heterocycles. The van der Waals surface area contributed by atoms with Gasteiger partial charge in [-0.05, 0) is 102 Å². The van der Waals surface area contributed by atoms with Crippen LogP contribution in [0.3, 0.4) is 0 Å². The van der Waals surface area contributed by atoms with Gasteiger partial charge in [-0.15, -0.1) is 0 Å². The number of carbonyl (C=O) groups is 6. The Morgan fingerprint density at radius 3 is 1.98 bits per heavy atom. The van der Waals surface area contributed by atoms with Crippen LogP contribution in [-0.4, -0.2) is 102 Å². The predicted molar refractivity (Wildman–Crippen MR) is 229 cm³/mol. The second-order valence-corrected chi connectivity index (χ2v) is 24.0. The monoisotopic (exact) mass is 862 g/mol. The van der Waals surface area contributed by atoms with Gasteiger partial charge in [0.25, 0.3) is 5.91 Å². The molecule has 5 rings (SSSR count). The zero-order valence-corrected chi connectivity index (χ0v) is 38.7. The number of urea groups is 1. The number of ketones is 1. The lowest BCUT2D eigenvalue weighted by atomic mass is 9.70. The van der Waals surface area contributed by atoms with E-state index < -0.39 is 78.9 Å². The molecule has 15 heteroatoms. The summed E-state index contributed by atoms with van der Waals surface area (Å²) in [6.45, 7) is 16.9. The zero-order valence-electron chi connectivity index (χ0n) is 37.9. The topological polar surface area (TPSA) is 197 Å². The van der Waals surface area contributed by atoms with E-state index in [1.807, 2.05) is 13.8 Å². The number of nitrogens with zero attached hydrogens (tertiary/aromatic N) is 1. The summed E-state index contributed by atoms with van der Waals surface area (Å²) >= 11 is 0. The molecule has 4 N–H and O–H groups in total. The van der Waals surface area contributed by atoms with Gasteiger partial charge in [-0.25, -0.2) is 13.2 Å². The Morgan fingerprint density at radius 2 is 1.43 bits per heavy atom. The highest BCUT2D eigenvalue weighted by Gasteiger charge is 2.70. The van der Waals surface area contributed by atoms with Crippen LogP contribution < -0.4 is 21.3 Å². The molecule has 4 saturated carbocycles. The van der Waals surface area contributed by atoms with Crippen molar-refractivity contribution in [3.05, 3.63) is 0 Å². The number of esters is 1. The second kappa shape index (κ2) is 18.2. The molecule has 1 aliphatic heterocycles. The lowest BCUT2D eigenvalue weighted by Crippen LogP contribution is -2.65. The number of rotatable bonds is 17. The summed E-state index contributed by atoms with van der Waals surface area (Å²) in [4.78, 5) is 84.7. The molecule has 60 heavy (non-hydrogen) atoms. The van der Waals surface area contributed by atoms with Crippen LogP contribution >= 0.6 is 0 Å². The van der Waals surface area contributed by atoms with Crippen molar-refractivity contribution >= 4 is 45.3 Å². The van der Waals surface area contributed by atoms with E-state index in [1.54, 1.807) is 39.5 Å². The van der Waals surface area contributed by atoms with Crippen molar-refractivity contribution in [3.8, 4) is 0 Å². The van der Waals surface area contributed by atoms with Crippen LogP contribution in [0, 0.1) is 28.6 Å². The number of sulfone groups is 1. The van der Waals surface area contributed by atoms with E-state index in [-0.39, 0.29) is 54.2 Å². The molecular formula is C45H75N5O9S. The lowest BCUT2D eigenvalue weighted by Gasteiger charge is -2.44. The summed E-state index contributed by atoms with van der Waals surface area (Å²) < 4.78 is 31.8. The molecule has 0 spiro atoms. The fourth-order valence-corrected chi connectivity index (χ4v) is 12.3. The van der Waals surface area contributed by atoms with Crippen LogP contribution in [0.1, 0.15) is 165 Å². The summed E-state index contributed by atoms with van der Waals surface area (Å²) in [5, 5.41) is 11.6. The molecule has 1 saturated heterocycles. The SMILES string of the molecule is CCC(C)(C)S(=O)(=O)CC1(NC(=O)N[C@H](C(=O)N2CC3C([C@H]2C(=O)NC(CC2CCC2)C(=O)C(=O)NCCC(=O)OC(C)(C)C)C3(C)C)C2(C)CCCCC2)CCCCC1. The maximum atomic E-state index is 15.1. The number of fused-ring (bicyclic) bond motifs is 1. The van der Waals surface area contributed by atoms with E-state index in [9.17, 15) is 32.4 Å². The molecule has 0 aromatic rings. The number of nitrogens with one attached hydrogen (secondary N) is 4.